The summed E-state index contributed by atoms with van der Waals surface area (Å²) in [6.07, 6.45) is -0.345. The van der Waals surface area contributed by atoms with Gasteiger partial charge in [0.05, 0.1) is 44.0 Å². The van der Waals surface area contributed by atoms with E-state index in [1.807, 2.05) is 0 Å². The minimum absolute atomic E-state index is 0.00119. The van der Waals surface area contributed by atoms with Crippen molar-refractivity contribution < 1.29 is 28.7 Å². The average molecular weight is 441 g/mol. The number of nitro benzene ring substituents is 1. The predicted octanol–water partition coefficient (Wildman–Crippen LogP) is 3.21. The number of benzene rings is 1. The second-order valence-electron chi connectivity index (χ2n) is 9.05. The molecule has 30 heavy (non-hydrogen) atoms. The number of nitrogens with zero attached hydrogens (tertiary/aromatic N) is 2. The molecule has 9 nitrogen and oxygen atoms in total. The Hall–Kier alpha value is -2.17. The number of hydrogen-bond donors (Lipinski definition) is 1. The highest BCUT2D eigenvalue weighted by Gasteiger charge is 2.41. The lowest BCUT2D eigenvalue weighted by molar-refractivity contribution is -0.385. The number of likely N-dealkylation sites (tertiary alicyclic amines) is 1. The number of hydrogen-bond acceptors (Lipinski definition) is 7. The fourth-order valence-electron chi connectivity index (χ4n) is 3.17. The standard InChI is InChI=1S/C20H32N2O7Si/c1-20(2,3)30(6,7)29-12-13-8-14(23)11-21(13)19(24)15-9-17(27-4)18(28-5)10-16(15)22(25)26/h9-10,13-14,23H,8,11-12H2,1-7H3/t13-,14+/m0/s1. The third-order valence-corrected chi connectivity index (χ3v) is 10.5. The highest BCUT2D eigenvalue weighted by atomic mass is 28.4. The van der Waals surface area contributed by atoms with Crippen LogP contribution in [-0.4, -0.2) is 68.7 Å². The van der Waals surface area contributed by atoms with E-state index < -0.39 is 25.3 Å². The highest BCUT2D eigenvalue weighted by molar-refractivity contribution is 6.74. The van der Waals surface area contributed by atoms with Gasteiger partial charge in [0.2, 0.25) is 0 Å². The van der Waals surface area contributed by atoms with Crippen molar-refractivity contribution in [2.75, 3.05) is 27.4 Å². The molecule has 0 radical (unpaired) electrons. The summed E-state index contributed by atoms with van der Waals surface area (Å²) in [5.41, 5.74) is -0.479. The van der Waals surface area contributed by atoms with Crippen molar-refractivity contribution in [2.24, 2.45) is 0 Å². The summed E-state index contributed by atoms with van der Waals surface area (Å²) < 4.78 is 16.6. The molecule has 1 aliphatic heterocycles. The van der Waals surface area contributed by atoms with Gasteiger partial charge < -0.3 is 23.9 Å². The molecular weight excluding hydrogens is 408 g/mol. The van der Waals surface area contributed by atoms with Crippen LogP contribution in [-0.2, 0) is 4.43 Å². The summed E-state index contributed by atoms with van der Waals surface area (Å²) in [7, 11) is 0.707. The fourth-order valence-corrected chi connectivity index (χ4v) is 4.21. The van der Waals surface area contributed by atoms with E-state index in [0.29, 0.717) is 6.42 Å². The van der Waals surface area contributed by atoms with Crippen molar-refractivity contribution in [1.29, 1.82) is 0 Å². The van der Waals surface area contributed by atoms with Crippen LogP contribution in [0.15, 0.2) is 12.1 Å². The molecule has 0 aromatic heterocycles. The quantitative estimate of drug-likeness (QED) is 0.394. The Labute approximate surface area is 178 Å². The van der Waals surface area contributed by atoms with Crippen LogP contribution in [0.5, 0.6) is 11.5 Å². The summed E-state index contributed by atoms with van der Waals surface area (Å²) in [6, 6.07) is 2.13. The van der Waals surface area contributed by atoms with Gasteiger partial charge in [0.25, 0.3) is 11.6 Å². The number of amides is 1. The Morgan fingerprint density at radius 3 is 2.33 bits per heavy atom. The Morgan fingerprint density at radius 1 is 1.27 bits per heavy atom. The molecule has 2 rings (SSSR count). The zero-order valence-corrected chi connectivity index (χ0v) is 19.7. The predicted molar refractivity (Wildman–Crippen MR) is 115 cm³/mol. The summed E-state index contributed by atoms with van der Waals surface area (Å²) in [4.78, 5) is 25.7. The van der Waals surface area contributed by atoms with Crippen LogP contribution in [0.4, 0.5) is 5.69 Å². The van der Waals surface area contributed by atoms with Gasteiger partial charge in [-0.1, -0.05) is 20.8 Å². The first kappa shape index (κ1) is 24.1. The smallest absolute Gasteiger partial charge is 0.286 e. The van der Waals surface area contributed by atoms with Crippen molar-refractivity contribution in [3.8, 4) is 11.5 Å². The van der Waals surface area contributed by atoms with Gasteiger partial charge in [0, 0.05) is 12.6 Å². The molecule has 1 saturated heterocycles. The molecule has 0 spiro atoms. The molecule has 1 amide bonds. The van der Waals surface area contributed by atoms with Gasteiger partial charge in [0.1, 0.15) is 5.56 Å². The van der Waals surface area contributed by atoms with E-state index >= 15 is 0 Å². The van der Waals surface area contributed by atoms with Crippen molar-refractivity contribution in [2.45, 2.75) is 57.5 Å². The number of aliphatic hydroxyl groups is 1. The number of carbonyl (C=O) groups excluding carboxylic acids is 1. The number of rotatable bonds is 7. The molecular formula is C20H32N2O7Si. The molecule has 1 fully saturated rings. The van der Waals surface area contributed by atoms with Gasteiger partial charge in [-0.2, -0.15) is 0 Å². The second-order valence-corrected chi connectivity index (χ2v) is 13.9. The highest BCUT2D eigenvalue weighted by Crippen LogP contribution is 2.38. The number of nitro groups is 1. The first-order valence-corrected chi connectivity index (χ1v) is 12.8. The van der Waals surface area contributed by atoms with Crippen molar-refractivity contribution in [1.82, 2.24) is 4.90 Å². The molecule has 1 aromatic rings. The van der Waals surface area contributed by atoms with E-state index in [1.54, 1.807) is 0 Å². The summed E-state index contributed by atoms with van der Waals surface area (Å²) >= 11 is 0. The van der Waals surface area contributed by atoms with Crippen LogP contribution < -0.4 is 9.47 Å². The summed E-state index contributed by atoms with van der Waals surface area (Å²) in [5.74, 6) is -0.150. The molecule has 2 atom stereocenters. The lowest BCUT2D eigenvalue weighted by atomic mass is 10.1. The van der Waals surface area contributed by atoms with E-state index in [0.717, 1.165) is 0 Å². The monoisotopic (exact) mass is 440 g/mol. The average Bonchev–Trinajstić information content (AvgIpc) is 3.04. The number of ether oxygens (including phenoxy) is 2. The number of β-amino-alcohol motifs (C(OH)–C–C–N with tert-alkyl or cyclic N) is 1. The van der Waals surface area contributed by atoms with Crippen molar-refractivity contribution in [3.05, 3.63) is 27.8 Å². The van der Waals surface area contributed by atoms with E-state index in [9.17, 15) is 20.0 Å². The Morgan fingerprint density at radius 2 is 1.83 bits per heavy atom. The Bertz CT molecular complexity index is 807. The lowest BCUT2D eigenvalue weighted by Crippen LogP contribution is -2.46. The molecule has 0 unspecified atom stereocenters. The fraction of sp³-hybridized carbons (Fsp3) is 0.650. The number of methoxy groups -OCH3 is 2. The summed E-state index contributed by atoms with van der Waals surface area (Å²) in [5, 5.41) is 21.8. The Balaban J connectivity index is 2.35. The van der Waals surface area contributed by atoms with E-state index in [4.69, 9.17) is 13.9 Å². The van der Waals surface area contributed by atoms with Crippen LogP contribution in [0, 0.1) is 10.1 Å². The zero-order chi connectivity index (χ0) is 22.9. The van der Waals surface area contributed by atoms with Crippen LogP contribution in [0.3, 0.4) is 0 Å². The third-order valence-electron chi connectivity index (χ3n) is 6.02. The lowest BCUT2D eigenvalue weighted by Gasteiger charge is -2.38. The molecule has 1 aliphatic rings. The molecule has 10 heteroatoms. The maximum absolute atomic E-state index is 13.3. The van der Waals surface area contributed by atoms with Gasteiger partial charge in [-0.05, 0) is 24.6 Å². The molecule has 1 heterocycles. The maximum atomic E-state index is 13.3. The minimum Gasteiger partial charge on any atom is -0.493 e. The van der Waals surface area contributed by atoms with Crippen molar-refractivity contribution in [3.63, 3.8) is 0 Å². The largest absolute Gasteiger partial charge is 0.493 e. The molecule has 1 N–H and O–H groups in total. The molecule has 1 aromatic carbocycles. The maximum Gasteiger partial charge on any atom is 0.286 e. The minimum atomic E-state index is -2.06. The van der Waals surface area contributed by atoms with Crippen LogP contribution >= 0.6 is 0 Å². The number of aliphatic hydroxyl groups excluding tert-OH is 1. The van der Waals surface area contributed by atoms with E-state index in [-0.39, 0.29) is 47.0 Å². The van der Waals surface area contributed by atoms with Crippen molar-refractivity contribution >= 4 is 19.9 Å². The van der Waals surface area contributed by atoms with Crippen LogP contribution in [0.1, 0.15) is 37.6 Å². The molecule has 0 bridgehead atoms. The van der Waals surface area contributed by atoms with Gasteiger partial charge in [-0.15, -0.1) is 0 Å². The summed E-state index contributed by atoms with van der Waals surface area (Å²) in [6.45, 7) is 11.0. The van der Waals surface area contributed by atoms with Crippen LogP contribution in [0.2, 0.25) is 18.1 Å². The second kappa shape index (κ2) is 8.91. The third kappa shape index (κ3) is 4.93. The van der Waals surface area contributed by atoms with Gasteiger partial charge >= 0.3 is 0 Å². The zero-order valence-electron chi connectivity index (χ0n) is 18.7. The first-order chi connectivity index (χ1) is 13.8. The van der Waals surface area contributed by atoms with E-state index in [1.165, 1.54) is 31.3 Å². The molecule has 168 valence electrons. The number of carbonyl (C=O) groups is 1. The molecule has 0 saturated carbocycles. The molecule has 0 aliphatic carbocycles. The first-order valence-electron chi connectivity index (χ1n) is 9.85. The Kier molecular flexibility index (Phi) is 7.15. The van der Waals surface area contributed by atoms with Gasteiger partial charge in [0.15, 0.2) is 19.8 Å². The normalized spacial score (nSPS) is 19.7. The van der Waals surface area contributed by atoms with Gasteiger partial charge in [-0.3, -0.25) is 14.9 Å². The van der Waals surface area contributed by atoms with E-state index in [2.05, 4.69) is 33.9 Å². The van der Waals surface area contributed by atoms with Crippen LogP contribution in [0.25, 0.3) is 0 Å². The SMILES string of the molecule is COc1cc(C(=O)N2C[C@H](O)C[C@H]2CO[Si](C)(C)C(C)(C)C)c([N+](=O)[O-])cc1OC. The van der Waals surface area contributed by atoms with Gasteiger partial charge in [-0.25, -0.2) is 0 Å². The topological polar surface area (TPSA) is 111 Å².